The Kier molecular flexibility index (Phi) is 5.68. The van der Waals surface area contributed by atoms with Crippen LogP contribution >= 0.6 is 0 Å². The number of hydrogen-bond donors (Lipinski definition) is 0. The van der Waals surface area contributed by atoms with Crippen molar-refractivity contribution >= 4 is 5.91 Å². The molecule has 2 aromatic rings. The highest BCUT2D eigenvalue weighted by molar-refractivity contribution is 5.92. The van der Waals surface area contributed by atoms with Gasteiger partial charge in [0.25, 0.3) is 5.91 Å². The van der Waals surface area contributed by atoms with E-state index in [1.54, 1.807) is 0 Å². The normalized spacial score (nSPS) is 19.7. The molecule has 1 aliphatic heterocycles. The van der Waals surface area contributed by atoms with Crippen LogP contribution in [0, 0.1) is 0 Å². The maximum atomic E-state index is 13.7. The van der Waals surface area contributed by atoms with E-state index in [0.717, 1.165) is 18.5 Å². The lowest BCUT2D eigenvalue weighted by molar-refractivity contribution is -0.276. The number of hydrogen-bond acceptors (Lipinski definition) is 7. The minimum absolute atomic E-state index is 0.0189. The molecule has 0 aliphatic carbocycles. The molecule has 1 fully saturated rings. The number of aromatic nitrogens is 2. The molecule has 1 aliphatic rings. The maximum absolute atomic E-state index is 13.7. The third-order valence-electron chi connectivity index (χ3n) is 3.85. The van der Waals surface area contributed by atoms with Crippen LogP contribution in [0.15, 0.2) is 29.0 Å². The van der Waals surface area contributed by atoms with E-state index in [2.05, 4.69) is 14.7 Å². The van der Waals surface area contributed by atoms with Gasteiger partial charge >= 0.3 is 6.36 Å². The number of rotatable bonds is 6. The van der Waals surface area contributed by atoms with Crippen molar-refractivity contribution in [2.45, 2.75) is 25.2 Å². The van der Waals surface area contributed by atoms with Gasteiger partial charge in [0.05, 0.1) is 19.3 Å². The highest BCUT2D eigenvalue weighted by Crippen LogP contribution is 2.23. The van der Waals surface area contributed by atoms with Gasteiger partial charge in [-0.2, -0.15) is 0 Å². The Balaban J connectivity index is 1.54. The number of alkyl halides is 4. The second-order valence-electron chi connectivity index (χ2n) is 5.80. The van der Waals surface area contributed by atoms with Gasteiger partial charge in [-0.15, -0.1) is 13.2 Å². The van der Waals surface area contributed by atoms with Crippen molar-refractivity contribution in [3.63, 3.8) is 0 Å². The summed E-state index contributed by atoms with van der Waals surface area (Å²) in [6.07, 6.45) is -4.65. The molecular weight excluding hydrogens is 390 g/mol. The third-order valence-corrected chi connectivity index (χ3v) is 3.85. The molecule has 0 aromatic carbocycles. The van der Waals surface area contributed by atoms with Crippen LogP contribution in [0.3, 0.4) is 0 Å². The molecule has 3 heterocycles. The lowest BCUT2D eigenvalue weighted by Gasteiger charge is -2.13. The zero-order chi connectivity index (χ0) is 20.3. The van der Waals surface area contributed by atoms with Crippen LogP contribution < -0.4 is 9.47 Å². The molecule has 8 nitrogen and oxygen atoms in total. The topological polar surface area (TPSA) is 86.9 Å². The molecular formula is C16H15F4N3O5. The van der Waals surface area contributed by atoms with Crippen molar-refractivity contribution in [3.8, 4) is 11.6 Å². The number of halogens is 4. The molecule has 0 unspecified atom stereocenters. The molecule has 1 amide bonds. The van der Waals surface area contributed by atoms with Gasteiger partial charge in [0.2, 0.25) is 11.8 Å². The highest BCUT2D eigenvalue weighted by Gasteiger charge is 2.36. The van der Waals surface area contributed by atoms with E-state index in [0.29, 0.717) is 0 Å². The summed E-state index contributed by atoms with van der Waals surface area (Å²) in [6, 6.07) is 2.21. The summed E-state index contributed by atoms with van der Waals surface area (Å²) in [5, 5.41) is 0. The lowest BCUT2D eigenvalue weighted by atomic mass is 10.3. The fourth-order valence-electron chi connectivity index (χ4n) is 2.54. The van der Waals surface area contributed by atoms with Gasteiger partial charge in [-0.05, 0) is 6.07 Å². The number of carbonyl (C=O) groups excluding carboxylic acids is 1. The first kappa shape index (κ1) is 19.9. The van der Waals surface area contributed by atoms with E-state index in [1.165, 1.54) is 18.1 Å². The Morgan fingerprint density at radius 1 is 1.36 bits per heavy atom. The number of likely N-dealkylation sites (tertiary alicyclic amines) is 1. The second kappa shape index (κ2) is 8.00. The predicted octanol–water partition coefficient (Wildman–Crippen LogP) is 2.36. The average Bonchev–Trinajstić information content (AvgIpc) is 3.26. The number of amides is 1. The quantitative estimate of drug-likeness (QED) is 0.682. The number of ether oxygens (including phenoxy) is 3. The van der Waals surface area contributed by atoms with Crippen LogP contribution in [0.25, 0.3) is 0 Å². The molecule has 0 radical (unpaired) electrons. The van der Waals surface area contributed by atoms with Crippen molar-refractivity contribution in [1.82, 2.24) is 14.9 Å². The summed E-state index contributed by atoms with van der Waals surface area (Å²) in [4.78, 5) is 21.0. The molecule has 2 aromatic heterocycles. The van der Waals surface area contributed by atoms with Crippen molar-refractivity contribution < 1.29 is 41.0 Å². The minimum atomic E-state index is -4.84. The Morgan fingerprint density at radius 2 is 2.14 bits per heavy atom. The van der Waals surface area contributed by atoms with Crippen LogP contribution in [0.2, 0.25) is 0 Å². The average molecular weight is 405 g/mol. The fourth-order valence-corrected chi connectivity index (χ4v) is 2.54. The fraction of sp³-hybridized carbons (Fsp3) is 0.438. The first-order valence-electron chi connectivity index (χ1n) is 8.00. The standard InChI is InChI=1S/C16H15F4N3O5/c1-25-12-6-23(5-10(12)17)15(24)11-7-27-14(22-11)8-26-9-2-3-13(21-4-9)28-16(18,19)20/h2-4,7,10,12H,5-6,8H2,1H3/t10-,12-/m1/s1. The molecule has 0 bridgehead atoms. The molecule has 0 N–H and O–H groups in total. The first-order valence-corrected chi connectivity index (χ1v) is 8.00. The summed E-state index contributed by atoms with van der Waals surface area (Å²) in [5.74, 6) is -0.941. The molecule has 3 rings (SSSR count). The molecule has 0 saturated carbocycles. The Morgan fingerprint density at radius 3 is 2.75 bits per heavy atom. The number of carbonyl (C=O) groups is 1. The largest absolute Gasteiger partial charge is 0.574 e. The van der Waals surface area contributed by atoms with Crippen LogP contribution in [-0.2, 0) is 11.3 Å². The van der Waals surface area contributed by atoms with Crippen LogP contribution in [0.5, 0.6) is 11.6 Å². The number of pyridine rings is 1. The van der Waals surface area contributed by atoms with Crippen LogP contribution in [-0.4, -0.2) is 59.6 Å². The lowest BCUT2D eigenvalue weighted by Crippen LogP contribution is -2.30. The van der Waals surface area contributed by atoms with Crippen LogP contribution in [0.4, 0.5) is 17.6 Å². The summed E-state index contributed by atoms with van der Waals surface area (Å²) >= 11 is 0. The second-order valence-corrected chi connectivity index (χ2v) is 5.80. The molecule has 152 valence electrons. The van der Waals surface area contributed by atoms with Crippen molar-refractivity contribution in [2.24, 2.45) is 0 Å². The Bertz CT molecular complexity index is 811. The Labute approximate surface area is 156 Å². The van der Waals surface area contributed by atoms with E-state index in [9.17, 15) is 22.4 Å². The maximum Gasteiger partial charge on any atom is 0.574 e. The summed E-state index contributed by atoms with van der Waals surface area (Å²) in [6.45, 7) is -0.192. The van der Waals surface area contributed by atoms with E-state index >= 15 is 0 Å². The van der Waals surface area contributed by atoms with Gasteiger partial charge in [-0.25, -0.2) is 14.4 Å². The highest BCUT2D eigenvalue weighted by atomic mass is 19.4. The van der Waals surface area contributed by atoms with Gasteiger partial charge in [0.15, 0.2) is 12.3 Å². The smallest absolute Gasteiger partial charge is 0.482 e. The number of methoxy groups -OCH3 is 1. The van der Waals surface area contributed by atoms with Gasteiger partial charge in [-0.1, -0.05) is 0 Å². The summed E-state index contributed by atoms with van der Waals surface area (Å²) in [7, 11) is 1.37. The van der Waals surface area contributed by atoms with Gasteiger partial charge in [-0.3, -0.25) is 4.79 Å². The SMILES string of the molecule is CO[C@@H]1CN(C(=O)c2coc(COc3ccc(OC(F)(F)F)nc3)n2)C[C@H]1F. The molecule has 1 saturated heterocycles. The molecule has 0 spiro atoms. The molecule has 28 heavy (non-hydrogen) atoms. The summed E-state index contributed by atoms with van der Waals surface area (Å²) < 4.78 is 69.0. The molecule has 2 atom stereocenters. The van der Waals surface area contributed by atoms with E-state index < -0.39 is 30.4 Å². The van der Waals surface area contributed by atoms with Crippen molar-refractivity contribution in [2.75, 3.05) is 20.2 Å². The van der Waals surface area contributed by atoms with E-state index in [4.69, 9.17) is 13.9 Å². The van der Waals surface area contributed by atoms with Gasteiger partial charge in [0.1, 0.15) is 24.3 Å². The summed E-state index contributed by atoms with van der Waals surface area (Å²) in [5.41, 5.74) is -0.0189. The third kappa shape index (κ3) is 4.88. The first-order chi connectivity index (χ1) is 13.2. The monoisotopic (exact) mass is 405 g/mol. The van der Waals surface area contributed by atoms with Crippen molar-refractivity contribution in [3.05, 3.63) is 36.2 Å². The van der Waals surface area contributed by atoms with Crippen LogP contribution in [0.1, 0.15) is 16.4 Å². The van der Waals surface area contributed by atoms with Gasteiger partial charge < -0.3 is 23.5 Å². The number of oxazole rings is 1. The van der Waals surface area contributed by atoms with E-state index in [1.807, 2.05) is 0 Å². The zero-order valence-corrected chi connectivity index (χ0v) is 14.5. The predicted molar refractivity (Wildman–Crippen MR) is 83.4 cm³/mol. The van der Waals surface area contributed by atoms with Gasteiger partial charge in [0, 0.05) is 13.2 Å². The van der Waals surface area contributed by atoms with Crippen molar-refractivity contribution in [1.29, 1.82) is 0 Å². The van der Waals surface area contributed by atoms with E-state index in [-0.39, 0.29) is 37.0 Å². The molecule has 12 heteroatoms. The Hall–Kier alpha value is -2.89. The minimum Gasteiger partial charge on any atom is -0.482 e. The number of nitrogens with zero attached hydrogens (tertiary/aromatic N) is 3. The zero-order valence-electron chi connectivity index (χ0n) is 14.5.